The van der Waals surface area contributed by atoms with Crippen LogP contribution in [0, 0.1) is 11.8 Å². The number of rotatable bonds is 5. The molecule has 1 heterocycles. The van der Waals surface area contributed by atoms with Gasteiger partial charge in [0.15, 0.2) is 0 Å². The minimum atomic E-state index is -2.83. The Labute approximate surface area is 114 Å². The van der Waals surface area contributed by atoms with Crippen molar-refractivity contribution in [3.8, 4) is 0 Å². The molecular weight excluding hydrogens is 250 g/mol. The topological polar surface area (TPSA) is 32.3 Å². The summed E-state index contributed by atoms with van der Waals surface area (Å²) in [4.78, 5) is 13.3. The van der Waals surface area contributed by atoms with Crippen LogP contribution in [0.15, 0.2) is 0 Å². The Bertz CT molecular complexity index is 306. The predicted molar refractivity (Wildman–Crippen MR) is 72.2 cm³/mol. The van der Waals surface area contributed by atoms with Gasteiger partial charge in [0.25, 0.3) is 5.92 Å². The van der Waals surface area contributed by atoms with E-state index in [1.54, 1.807) is 18.7 Å². The molecule has 0 unspecified atom stereocenters. The lowest BCUT2D eigenvalue weighted by Crippen LogP contribution is -2.58. The zero-order valence-electron chi connectivity index (χ0n) is 12.4. The highest BCUT2D eigenvalue weighted by Gasteiger charge is 2.45. The first-order valence-corrected chi connectivity index (χ1v) is 7.13. The third kappa shape index (κ3) is 5.05. The standard InChI is InChI=1S/C14H26F2N2O/c1-10(2)5-7-18-8-6-12(14(15,16)9-18)17-13(19)11(3)4/h10-12H,5-9H2,1-4H3,(H,17,19)/t12-/m0/s1. The molecule has 0 saturated carbocycles. The van der Waals surface area contributed by atoms with E-state index in [1.165, 1.54) is 0 Å². The summed E-state index contributed by atoms with van der Waals surface area (Å²) in [6.45, 7) is 8.70. The molecule has 5 heteroatoms. The lowest BCUT2D eigenvalue weighted by Gasteiger charge is -2.39. The van der Waals surface area contributed by atoms with Crippen LogP contribution in [-0.4, -0.2) is 42.4 Å². The Hall–Kier alpha value is -0.710. The Morgan fingerprint density at radius 2 is 2.00 bits per heavy atom. The molecule has 0 aromatic carbocycles. The van der Waals surface area contributed by atoms with Gasteiger partial charge in [-0.05, 0) is 25.3 Å². The van der Waals surface area contributed by atoms with Crippen LogP contribution in [-0.2, 0) is 4.79 Å². The third-order valence-electron chi connectivity index (χ3n) is 3.54. The highest BCUT2D eigenvalue weighted by molar-refractivity contribution is 5.78. The summed E-state index contributed by atoms with van der Waals surface area (Å²) in [5, 5.41) is 2.48. The van der Waals surface area contributed by atoms with Crippen molar-refractivity contribution in [1.82, 2.24) is 10.2 Å². The molecule has 0 bridgehead atoms. The van der Waals surface area contributed by atoms with Gasteiger partial charge in [-0.25, -0.2) is 8.78 Å². The first-order chi connectivity index (χ1) is 8.72. The van der Waals surface area contributed by atoms with Crippen LogP contribution in [0.1, 0.15) is 40.5 Å². The third-order valence-corrected chi connectivity index (χ3v) is 3.54. The van der Waals surface area contributed by atoms with Crippen molar-refractivity contribution in [2.45, 2.75) is 52.5 Å². The number of halogens is 2. The Morgan fingerprint density at radius 1 is 1.37 bits per heavy atom. The number of hydrogen-bond donors (Lipinski definition) is 1. The molecule has 1 aliphatic heterocycles. The number of likely N-dealkylation sites (tertiary alicyclic amines) is 1. The molecule has 0 aliphatic carbocycles. The normalized spacial score (nSPS) is 23.9. The first kappa shape index (κ1) is 16.3. The summed E-state index contributed by atoms with van der Waals surface area (Å²) < 4.78 is 28.0. The molecule has 1 amide bonds. The summed E-state index contributed by atoms with van der Waals surface area (Å²) in [7, 11) is 0. The fourth-order valence-electron chi connectivity index (χ4n) is 2.16. The van der Waals surface area contributed by atoms with Crippen molar-refractivity contribution in [3.63, 3.8) is 0 Å². The zero-order chi connectivity index (χ0) is 14.6. The summed E-state index contributed by atoms with van der Waals surface area (Å²) in [5.74, 6) is -2.86. The molecule has 0 spiro atoms. The lowest BCUT2D eigenvalue weighted by atomic mass is 9.99. The van der Waals surface area contributed by atoms with Gasteiger partial charge in [-0.1, -0.05) is 27.7 Å². The van der Waals surface area contributed by atoms with Gasteiger partial charge in [-0.3, -0.25) is 9.69 Å². The smallest absolute Gasteiger partial charge is 0.280 e. The van der Waals surface area contributed by atoms with Crippen molar-refractivity contribution in [2.75, 3.05) is 19.6 Å². The van der Waals surface area contributed by atoms with Gasteiger partial charge in [-0.2, -0.15) is 0 Å². The fourth-order valence-corrected chi connectivity index (χ4v) is 2.16. The maximum atomic E-state index is 14.0. The number of hydrogen-bond acceptors (Lipinski definition) is 2. The molecule has 0 aromatic heterocycles. The van der Waals surface area contributed by atoms with E-state index in [-0.39, 0.29) is 18.4 Å². The number of alkyl halides is 2. The van der Waals surface area contributed by atoms with Crippen LogP contribution < -0.4 is 5.32 Å². The second-order valence-electron chi connectivity index (χ2n) is 6.22. The van der Waals surface area contributed by atoms with E-state index in [0.717, 1.165) is 6.42 Å². The summed E-state index contributed by atoms with van der Waals surface area (Å²) in [6.07, 6.45) is 1.25. The van der Waals surface area contributed by atoms with E-state index in [0.29, 0.717) is 25.4 Å². The molecule has 3 nitrogen and oxygen atoms in total. The van der Waals surface area contributed by atoms with Gasteiger partial charge in [0.05, 0.1) is 12.6 Å². The largest absolute Gasteiger partial charge is 0.347 e. The molecule has 19 heavy (non-hydrogen) atoms. The quantitative estimate of drug-likeness (QED) is 0.837. The number of nitrogens with zero attached hydrogens (tertiary/aromatic N) is 1. The maximum absolute atomic E-state index is 14.0. The predicted octanol–water partition coefficient (Wildman–Crippen LogP) is 2.51. The monoisotopic (exact) mass is 276 g/mol. The van der Waals surface area contributed by atoms with Crippen molar-refractivity contribution in [3.05, 3.63) is 0 Å². The maximum Gasteiger partial charge on any atom is 0.280 e. The van der Waals surface area contributed by atoms with E-state index in [4.69, 9.17) is 0 Å². The minimum absolute atomic E-state index is 0.247. The van der Waals surface area contributed by atoms with Gasteiger partial charge in [0, 0.05) is 12.5 Å². The molecule has 1 N–H and O–H groups in total. The van der Waals surface area contributed by atoms with Crippen molar-refractivity contribution in [1.29, 1.82) is 0 Å². The number of nitrogens with one attached hydrogen (secondary N) is 1. The van der Waals surface area contributed by atoms with E-state index in [2.05, 4.69) is 19.2 Å². The van der Waals surface area contributed by atoms with Crippen molar-refractivity contribution in [2.24, 2.45) is 11.8 Å². The molecule has 112 valence electrons. The number of amides is 1. The van der Waals surface area contributed by atoms with Crippen molar-refractivity contribution >= 4 is 5.91 Å². The SMILES string of the molecule is CC(C)CCN1CC[C@H](NC(=O)C(C)C)C(F)(F)C1. The average molecular weight is 276 g/mol. The zero-order valence-corrected chi connectivity index (χ0v) is 12.4. The Balaban J connectivity index is 2.50. The Kier molecular flexibility index (Phi) is 5.71. The van der Waals surface area contributed by atoms with Gasteiger partial charge in [0.1, 0.15) is 0 Å². The van der Waals surface area contributed by atoms with Crippen molar-refractivity contribution < 1.29 is 13.6 Å². The van der Waals surface area contributed by atoms with Crippen LogP contribution in [0.4, 0.5) is 8.78 Å². The average Bonchev–Trinajstić information content (AvgIpc) is 2.28. The number of carbonyl (C=O) groups excluding carboxylic acids is 1. The van der Waals surface area contributed by atoms with E-state index < -0.39 is 12.0 Å². The van der Waals surface area contributed by atoms with E-state index in [1.807, 2.05) is 0 Å². The van der Waals surface area contributed by atoms with Gasteiger partial charge in [-0.15, -0.1) is 0 Å². The van der Waals surface area contributed by atoms with E-state index in [9.17, 15) is 13.6 Å². The molecule has 0 aromatic rings. The van der Waals surface area contributed by atoms with Crippen LogP contribution in [0.3, 0.4) is 0 Å². The van der Waals surface area contributed by atoms with Crippen LogP contribution in [0.5, 0.6) is 0 Å². The molecule has 1 saturated heterocycles. The minimum Gasteiger partial charge on any atom is -0.347 e. The van der Waals surface area contributed by atoms with Crippen LogP contribution >= 0.6 is 0 Å². The Morgan fingerprint density at radius 3 is 2.47 bits per heavy atom. The molecule has 1 aliphatic rings. The van der Waals surface area contributed by atoms with Crippen LogP contribution in [0.25, 0.3) is 0 Å². The summed E-state index contributed by atoms with van der Waals surface area (Å²) in [5.41, 5.74) is 0. The summed E-state index contributed by atoms with van der Waals surface area (Å²) >= 11 is 0. The number of piperidine rings is 1. The second kappa shape index (κ2) is 6.64. The molecular formula is C14H26F2N2O. The van der Waals surface area contributed by atoms with Crippen LogP contribution in [0.2, 0.25) is 0 Å². The number of carbonyl (C=O) groups is 1. The summed E-state index contributed by atoms with van der Waals surface area (Å²) in [6, 6.07) is -1.02. The van der Waals surface area contributed by atoms with Gasteiger partial charge in [0.2, 0.25) is 5.91 Å². The molecule has 1 atom stereocenters. The fraction of sp³-hybridized carbons (Fsp3) is 0.929. The first-order valence-electron chi connectivity index (χ1n) is 7.13. The van der Waals surface area contributed by atoms with Gasteiger partial charge >= 0.3 is 0 Å². The molecule has 0 radical (unpaired) electrons. The highest BCUT2D eigenvalue weighted by atomic mass is 19.3. The van der Waals surface area contributed by atoms with Gasteiger partial charge < -0.3 is 5.32 Å². The lowest BCUT2D eigenvalue weighted by molar-refractivity contribution is -0.133. The van der Waals surface area contributed by atoms with E-state index >= 15 is 0 Å². The highest BCUT2D eigenvalue weighted by Crippen LogP contribution is 2.28. The molecule has 1 rings (SSSR count). The molecule has 1 fully saturated rings. The second-order valence-corrected chi connectivity index (χ2v) is 6.22.